The molecule has 3 heterocycles. The molecule has 0 spiro atoms. The van der Waals surface area contributed by atoms with Crippen LogP contribution in [0.25, 0.3) is 48.0 Å². The van der Waals surface area contributed by atoms with Crippen molar-refractivity contribution in [2.45, 2.75) is 0 Å². The maximum Gasteiger partial charge on any atom is 0.215 e. The third-order valence-electron chi connectivity index (χ3n) is 4.92. The fourth-order valence-electron chi connectivity index (χ4n) is 3.79. The minimum absolute atomic E-state index is 0.994. The lowest BCUT2D eigenvalue weighted by Crippen LogP contribution is -1.87. The first kappa shape index (κ1) is 12.6. The Balaban J connectivity index is 1.88. The number of fused-ring (bicyclic) bond motifs is 8. The summed E-state index contributed by atoms with van der Waals surface area (Å²) < 4.78 is 7.09. The number of thiophene rings is 1. The van der Waals surface area contributed by atoms with E-state index in [0.717, 1.165) is 11.3 Å². The van der Waals surface area contributed by atoms with Crippen LogP contribution in [0.15, 0.2) is 60.7 Å². The second kappa shape index (κ2) is 4.16. The van der Waals surface area contributed by atoms with Crippen LogP contribution in [-0.2, 0) is 7.05 Å². The molecule has 0 N–H and O–H groups in total. The average molecular weight is 327 g/mol. The van der Waals surface area contributed by atoms with Gasteiger partial charge in [0, 0.05) is 27.2 Å². The van der Waals surface area contributed by atoms with Crippen LogP contribution >= 0.6 is 11.3 Å². The Bertz CT molecular complexity index is 1410. The molecule has 0 amide bonds. The molecule has 0 aliphatic heterocycles. The van der Waals surface area contributed by atoms with Crippen LogP contribution in [0.1, 0.15) is 0 Å². The van der Waals surface area contributed by atoms with Gasteiger partial charge in [-0.15, -0.1) is 11.3 Å². The summed E-state index contributed by atoms with van der Waals surface area (Å²) in [6.45, 7) is 0. The van der Waals surface area contributed by atoms with Gasteiger partial charge in [0.2, 0.25) is 5.78 Å². The van der Waals surface area contributed by atoms with Crippen molar-refractivity contribution in [3.63, 3.8) is 0 Å². The number of rotatable bonds is 0. The molecule has 0 unspecified atom stereocenters. The molecule has 0 saturated heterocycles. The number of benzene rings is 3. The molecule has 0 aliphatic carbocycles. The van der Waals surface area contributed by atoms with Crippen LogP contribution in [0.3, 0.4) is 0 Å². The van der Waals surface area contributed by atoms with Gasteiger partial charge in [0.15, 0.2) is 0 Å². The van der Waals surface area contributed by atoms with Gasteiger partial charge in [0.25, 0.3) is 0 Å². The highest BCUT2D eigenvalue weighted by molar-refractivity contribution is 7.25. The fourth-order valence-corrected chi connectivity index (χ4v) is 4.91. The van der Waals surface area contributed by atoms with Crippen molar-refractivity contribution in [1.82, 2.24) is 14.0 Å². The first-order valence-electron chi connectivity index (χ1n) is 7.98. The van der Waals surface area contributed by atoms with Crippen LogP contribution in [0, 0.1) is 0 Å². The van der Waals surface area contributed by atoms with E-state index in [0.29, 0.717) is 0 Å². The van der Waals surface area contributed by atoms with Crippen LogP contribution in [0.2, 0.25) is 0 Å². The minimum Gasteiger partial charge on any atom is -0.313 e. The zero-order valence-corrected chi connectivity index (χ0v) is 13.8. The second-order valence-electron chi connectivity index (χ2n) is 6.23. The highest BCUT2D eigenvalue weighted by Gasteiger charge is 2.15. The van der Waals surface area contributed by atoms with Crippen LogP contribution < -0.4 is 0 Å². The third kappa shape index (κ3) is 1.40. The van der Waals surface area contributed by atoms with E-state index in [1.807, 2.05) is 11.3 Å². The Labute approximate surface area is 141 Å². The maximum absolute atomic E-state index is 4.92. The lowest BCUT2D eigenvalue weighted by molar-refractivity contribution is 0.974. The highest BCUT2D eigenvalue weighted by atomic mass is 32.1. The average Bonchev–Trinajstić information content (AvgIpc) is 3.24. The lowest BCUT2D eigenvalue weighted by atomic mass is 10.1. The summed E-state index contributed by atoms with van der Waals surface area (Å²) in [5.41, 5.74) is 4.65. The Morgan fingerprint density at radius 2 is 1.58 bits per heavy atom. The molecule has 0 aliphatic rings. The number of nitrogens with zero attached hydrogens (tertiary/aromatic N) is 3. The fraction of sp³-hybridized carbons (Fsp3) is 0.0500. The predicted octanol–water partition coefficient (Wildman–Crippen LogP) is 5.35. The van der Waals surface area contributed by atoms with Gasteiger partial charge in [-0.05, 0) is 30.3 Å². The number of aromatic nitrogens is 3. The topological polar surface area (TPSA) is 22.2 Å². The van der Waals surface area contributed by atoms with Crippen molar-refractivity contribution in [3.8, 4) is 0 Å². The van der Waals surface area contributed by atoms with Gasteiger partial charge in [0.1, 0.15) is 0 Å². The Kier molecular flexibility index (Phi) is 2.18. The summed E-state index contributed by atoms with van der Waals surface area (Å²) in [5, 5.41) is 2.62. The molecular formula is C20H13N3S. The van der Waals surface area contributed by atoms with Gasteiger partial charge in [-0.25, -0.2) is 4.98 Å². The van der Waals surface area contributed by atoms with Crippen LogP contribution in [0.4, 0.5) is 0 Å². The highest BCUT2D eigenvalue weighted by Crippen LogP contribution is 2.37. The molecule has 0 radical (unpaired) electrons. The summed E-state index contributed by atoms with van der Waals surface area (Å²) >= 11 is 1.85. The molecule has 3 aromatic carbocycles. The monoisotopic (exact) mass is 327 g/mol. The molecule has 0 bridgehead atoms. The van der Waals surface area contributed by atoms with E-state index in [9.17, 15) is 0 Å². The van der Waals surface area contributed by atoms with Crippen molar-refractivity contribution in [3.05, 3.63) is 60.7 Å². The third-order valence-corrected chi connectivity index (χ3v) is 6.05. The molecule has 3 nitrogen and oxygen atoms in total. The molecule has 0 saturated carbocycles. The van der Waals surface area contributed by atoms with E-state index in [4.69, 9.17) is 4.98 Å². The van der Waals surface area contributed by atoms with E-state index < -0.39 is 0 Å². The minimum atomic E-state index is 0.994. The van der Waals surface area contributed by atoms with Crippen LogP contribution in [-0.4, -0.2) is 14.0 Å². The number of para-hydroxylation sites is 2. The molecule has 6 rings (SSSR count). The van der Waals surface area contributed by atoms with Crippen molar-refractivity contribution in [1.29, 1.82) is 0 Å². The summed E-state index contributed by atoms with van der Waals surface area (Å²) in [4.78, 5) is 4.92. The van der Waals surface area contributed by atoms with E-state index in [2.05, 4.69) is 76.7 Å². The van der Waals surface area contributed by atoms with E-state index in [-0.39, 0.29) is 0 Å². The zero-order chi connectivity index (χ0) is 15.8. The number of aryl methyl sites for hydroxylation is 1. The largest absolute Gasteiger partial charge is 0.313 e. The van der Waals surface area contributed by atoms with E-state index >= 15 is 0 Å². The lowest BCUT2D eigenvalue weighted by Gasteiger charge is -1.96. The van der Waals surface area contributed by atoms with Crippen molar-refractivity contribution >= 4 is 59.4 Å². The summed E-state index contributed by atoms with van der Waals surface area (Å²) in [5.74, 6) is 0.994. The normalized spacial score (nSPS) is 12.4. The quantitative estimate of drug-likeness (QED) is 0.369. The molecule has 24 heavy (non-hydrogen) atoms. The smallest absolute Gasteiger partial charge is 0.215 e. The van der Waals surface area contributed by atoms with Gasteiger partial charge in [-0.2, -0.15) is 0 Å². The van der Waals surface area contributed by atoms with Crippen LogP contribution in [0.5, 0.6) is 0 Å². The van der Waals surface area contributed by atoms with Gasteiger partial charge in [-0.3, -0.25) is 4.40 Å². The molecule has 6 aromatic rings. The first-order valence-corrected chi connectivity index (χ1v) is 8.80. The number of hydrogen-bond donors (Lipinski definition) is 0. The van der Waals surface area contributed by atoms with Gasteiger partial charge < -0.3 is 4.57 Å². The number of imidazole rings is 2. The SMILES string of the molecule is Cn1c2ccccc2n2c3cc4sc5ccccc5c4cc3nc12. The molecule has 114 valence electrons. The molecule has 0 atom stereocenters. The number of hydrogen-bond acceptors (Lipinski definition) is 2. The summed E-state index contributed by atoms with van der Waals surface area (Å²) in [7, 11) is 2.08. The zero-order valence-electron chi connectivity index (χ0n) is 13.0. The van der Waals surface area contributed by atoms with Gasteiger partial charge >= 0.3 is 0 Å². The molecule has 4 heteroatoms. The second-order valence-corrected chi connectivity index (χ2v) is 7.31. The standard InChI is InChI=1S/C20H13N3S/c1-22-15-7-3-4-8-16(15)23-17-11-19-13(10-14(17)21-20(22)23)12-6-2-5-9-18(12)24-19/h2-11H,1H3. The summed E-state index contributed by atoms with van der Waals surface area (Å²) in [6, 6.07) is 21.6. The van der Waals surface area contributed by atoms with E-state index in [1.54, 1.807) is 0 Å². The van der Waals surface area contributed by atoms with Crippen molar-refractivity contribution in [2.75, 3.05) is 0 Å². The van der Waals surface area contributed by atoms with Crippen molar-refractivity contribution < 1.29 is 0 Å². The van der Waals surface area contributed by atoms with E-state index in [1.165, 1.54) is 36.7 Å². The van der Waals surface area contributed by atoms with Crippen molar-refractivity contribution in [2.24, 2.45) is 7.05 Å². The first-order chi connectivity index (χ1) is 11.8. The predicted molar refractivity (Wildman–Crippen MR) is 102 cm³/mol. The Morgan fingerprint density at radius 3 is 2.50 bits per heavy atom. The Morgan fingerprint density at radius 1 is 0.792 bits per heavy atom. The Hall–Kier alpha value is -2.85. The molecular weight excluding hydrogens is 314 g/mol. The maximum atomic E-state index is 4.92. The molecule has 3 aromatic heterocycles. The summed E-state index contributed by atoms with van der Waals surface area (Å²) in [6.07, 6.45) is 0. The van der Waals surface area contributed by atoms with Gasteiger partial charge in [0.05, 0.1) is 22.1 Å². The molecule has 0 fully saturated rings. The van der Waals surface area contributed by atoms with Gasteiger partial charge in [-0.1, -0.05) is 30.3 Å².